The molecule has 19 heavy (non-hydrogen) atoms. The molecule has 1 unspecified atom stereocenters. The van der Waals surface area contributed by atoms with Gasteiger partial charge in [-0.1, -0.05) is 0 Å². The van der Waals surface area contributed by atoms with Crippen LogP contribution in [0.5, 0.6) is 0 Å². The van der Waals surface area contributed by atoms with Crippen LogP contribution in [0.1, 0.15) is 12.8 Å². The van der Waals surface area contributed by atoms with Crippen molar-refractivity contribution in [1.29, 1.82) is 0 Å². The summed E-state index contributed by atoms with van der Waals surface area (Å²) < 4.78 is 22.5. The number of carbonyl (C=O) groups excluding carboxylic acids is 1. The topological polar surface area (TPSA) is 83.5 Å². The molecule has 1 rings (SSSR count). The lowest BCUT2D eigenvalue weighted by atomic mass is 10.4. The fourth-order valence-electron chi connectivity index (χ4n) is 1.67. The lowest BCUT2D eigenvalue weighted by Gasteiger charge is -2.08. The smallest absolute Gasteiger partial charge is 0.230 e. The molecular weight excluding hydrogens is 306 g/mol. The van der Waals surface area contributed by atoms with Crippen LogP contribution in [0.3, 0.4) is 0 Å². The van der Waals surface area contributed by atoms with Crippen LogP contribution in [0.4, 0.5) is 0 Å². The molecule has 1 aliphatic rings. The Morgan fingerprint density at radius 2 is 2.16 bits per heavy atom. The molecule has 0 aliphatic carbocycles. The van der Waals surface area contributed by atoms with Crippen molar-refractivity contribution in [2.24, 2.45) is 0 Å². The van der Waals surface area contributed by atoms with Gasteiger partial charge in [0.15, 0.2) is 9.84 Å². The van der Waals surface area contributed by atoms with Gasteiger partial charge in [-0.05, 0) is 18.6 Å². The fourth-order valence-corrected chi connectivity index (χ4v) is 5.93. The van der Waals surface area contributed by atoms with Crippen molar-refractivity contribution in [3.8, 4) is 0 Å². The number of aliphatic hydroxyl groups excluding tert-OH is 1. The van der Waals surface area contributed by atoms with Gasteiger partial charge >= 0.3 is 0 Å². The second-order valence-corrected chi connectivity index (χ2v) is 9.12. The molecule has 112 valence electrons. The van der Waals surface area contributed by atoms with Gasteiger partial charge in [-0.2, -0.15) is 11.8 Å². The van der Waals surface area contributed by atoms with Crippen LogP contribution in [-0.2, 0) is 14.6 Å². The molecule has 5 nitrogen and oxygen atoms in total. The Balaban J connectivity index is 1.99. The Hall–Kier alpha value is 0.0800. The number of hydrogen-bond acceptors (Lipinski definition) is 6. The van der Waals surface area contributed by atoms with Crippen molar-refractivity contribution in [3.63, 3.8) is 0 Å². The van der Waals surface area contributed by atoms with E-state index < -0.39 is 9.84 Å². The summed E-state index contributed by atoms with van der Waals surface area (Å²) in [5.41, 5.74) is 0. The lowest BCUT2D eigenvalue weighted by Crippen LogP contribution is -2.28. The normalized spacial score (nSPS) is 21.4. The van der Waals surface area contributed by atoms with Crippen LogP contribution in [0.15, 0.2) is 0 Å². The average molecular weight is 327 g/mol. The first kappa shape index (κ1) is 17.1. The Morgan fingerprint density at radius 3 is 2.79 bits per heavy atom. The molecule has 0 bridgehead atoms. The number of hydrogen-bond donors (Lipinski definition) is 2. The van der Waals surface area contributed by atoms with Crippen molar-refractivity contribution in [2.75, 3.05) is 41.9 Å². The fraction of sp³-hybridized carbons (Fsp3) is 0.909. The third-order valence-electron chi connectivity index (χ3n) is 2.66. The SMILES string of the molecule is O=C(CSC1CCS(=O)(=O)C1)NCCSCCCO. The maximum Gasteiger partial charge on any atom is 0.230 e. The van der Waals surface area contributed by atoms with E-state index in [4.69, 9.17) is 5.11 Å². The van der Waals surface area contributed by atoms with E-state index >= 15 is 0 Å². The van der Waals surface area contributed by atoms with E-state index in [9.17, 15) is 13.2 Å². The van der Waals surface area contributed by atoms with Gasteiger partial charge in [0.05, 0.1) is 17.3 Å². The Bertz CT molecular complexity index is 372. The molecule has 1 aliphatic heterocycles. The summed E-state index contributed by atoms with van der Waals surface area (Å²) in [4.78, 5) is 11.5. The standard InChI is InChI=1S/C11H21NO4S3/c13-4-1-5-17-6-3-12-11(14)8-18-10-2-7-19(15,16)9-10/h10,13H,1-9H2,(H,12,14). The number of nitrogens with one attached hydrogen (secondary N) is 1. The van der Waals surface area contributed by atoms with E-state index in [1.165, 1.54) is 11.8 Å². The van der Waals surface area contributed by atoms with Gasteiger partial charge in [-0.3, -0.25) is 4.79 Å². The molecule has 1 amide bonds. The molecule has 0 saturated carbocycles. The van der Waals surface area contributed by atoms with Gasteiger partial charge in [-0.25, -0.2) is 8.42 Å². The zero-order valence-electron chi connectivity index (χ0n) is 10.8. The van der Waals surface area contributed by atoms with E-state index in [0.717, 1.165) is 17.9 Å². The predicted octanol–water partition coefficient (Wildman–Crippen LogP) is 0.139. The molecule has 0 aromatic rings. The molecule has 8 heteroatoms. The Morgan fingerprint density at radius 1 is 1.37 bits per heavy atom. The highest BCUT2D eigenvalue weighted by Gasteiger charge is 2.28. The van der Waals surface area contributed by atoms with Gasteiger partial charge in [0.2, 0.25) is 5.91 Å². The van der Waals surface area contributed by atoms with E-state index in [1.54, 1.807) is 11.8 Å². The predicted molar refractivity (Wildman–Crippen MR) is 81.6 cm³/mol. The second kappa shape index (κ2) is 9.10. The monoisotopic (exact) mass is 327 g/mol. The number of sulfone groups is 1. The summed E-state index contributed by atoms with van der Waals surface area (Å²) in [6.07, 6.45) is 1.45. The van der Waals surface area contributed by atoms with Gasteiger partial charge in [0.1, 0.15) is 0 Å². The number of rotatable bonds is 9. The highest BCUT2D eigenvalue weighted by Crippen LogP contribution is 2.23. The molecule has 0 radical (unpaired) electrons. The van der Waals surface area contributed by atoms with Crippen LogP contribution < -0.4 is 5.32 Å². The molecule has 1 heterocycles. The van der Waals surface area contributed by atoms with Gasteiger partial charge in [0, 0.05) is 24.2 Å². The van der Waals surface area contributed by atoms with E-state index in [0.29, 0.717) is 18.7 Å². The Labute approximate surface area is 123 Å². The van der Waals surface area contributed by atoms with Crippen LogP contribution in [0.25, 0.3) is 0 Å². The first-order valence-electron chi connectivity index (χ1n) is 6.31. The minimum atomic E-state index is -2.85. The third kappa shape index (κ3) is 8.06. The van der Waals surface area contributed by atoms with E-state index in [2.05, 4.69) is 5.32 Å². The minimum absolute atomic E-state index is 0.0305. The van der Waals surface area contributed by atoms with Crippen molar-refractivity contribution >= 4 is 39.3 Å². The van der Waals surface area contributed by atoms with Gasteiger partial charge in [-0.15, -0.1) is 11.8 Å². The summed E-state index contributed by atoms with van der Waals surface area (Å²) in [7, 11) is -2.85. The van der Waals surface area contributed by atoms with Crippen molar-refractivity contribution in [1.82, 2.24) is 5.32 Å². The van der Waals surface area contributed by atoms with Crippen molar-refractivity contribution < 1.29 is 18.3 Å². The maximum atomic E-state index is 11.5. The zero-order valence-corrected chi connectivity index (χ0v) is 13.3. The number of amides is 1. The second-order valence-electron chi connectivity index (χ2n) is 4.38. The highest BCUT2D eigenvalue weighted by molar-refractivity contribution is 8.02. The van der Waals surface area contributed by atoms with Crippen LogP contribution in [-0.4, -0.2) is 66.6 Å². The minimum Gasteiger partial charge on any atom is -0.396 e. The lowest BCUT2D eigenvalue weighted by molar-refractivity contribution is -0.118. The van der Waals surface area contributed by atoms with E-state index in [1.807, 2.05) is 0 Å². The molecule has 0 aromatic heterocycles. The van der Waals surface area contributed by atoms with Crippen molar-refractivity contribution in [2.45, 2.75) is 18.1 Å². The maximum absolute atomic E-state index is 11.5. The molecule has 0 spiro atoms. The number of carbonyl (C=O) groups is 1. The summed E-state index contributed by atoms with van der Waals surface area (Å²) in [6, 6.07) is 0. The van der Waals surface area contributed by atoms with Crippen LogP contribution >= 0.6 is 23.5 Å². The van der Waals surface area contributed by atoms with Crippen LogP contribution in [0, 0.1) is 0 Å². The first-order valence-corrected chi connectivity index (χ1v) is 10.3. The van der Waals surface area contributed by atoms with E-state index in [-0.39, 0.29) is 29.3 Å². The first-order chi connectivity index (χ1) is 9.03. The average Bonchev–Trinajstić information content (AvgIpc) is 2.71. The molecule has 1 fully saturated rings. The van der Waals surface area contributed by atoms with Crippen LogP contribution in [0.2, 0.25) is 0 Å². The summed E-state index contributed by atoms with van der Waals surface area (Å²) in [5.74, 6) is 2.52. The third-order valence-corrected chi connectivity index (χ3v) is 7.01. The molecular formula is C11H21NO4S3. The zero-order chi connectivity index (χ0) is 14.1. The molecule has 1 atom stereocenters. The summed E-state index contributed by atoms with van der Waals surface area (Å²) in [5, 5.41) is 11.5. The quantitative estimate of drug-likeness (QED) is 0.586. The summed E-state index contributed by atoms with van der Waals surface area (Å²) in [6.45, 7) is 0.832. The highest BCUT2D eigenvalue weighted by atomic mass is 32.2. The van der Waals surface area contributed by atoms with Gasteiger partial charge in [0.25, 0.3) is 0 Å². The molecule has 0 aromatic carbocycles. The largest absolute Gasteiger partial charge is 0.396 e. The summed E-state index contributed by atoms with van der Waals surface area (Å²) >= 11 is 3.14. The Kier molecular flexibility index (Phi) is 8.20. The molecule has 2 N–H and O–H groups in total. The van der Waals surface area contributed by atoms with Gasteiger partial charge < -0.3 is 10.4 Å². The molecule has 1 saturated heterocycles. The number of thioether (sulfide) groups is 2. The number of aliphatic hydroxyl groups is 1. The van der Waals surface area contributed by atoms with Crippen molar-refractivity contribution in [3.05, 3.63) is 0 Å².